The van der Waals surface area contributed by atoms with E-state index in [1.807, 2.05) is 0 Å². The van der Waals surface area contributed by atoms with Gasteiger partial charge in [0.1, 0.15) is 0 Å². The molecule has 0 nitrogen and oxygen atoms in total. The van der Waals surface area contributed by atoms with Gasteiger partial charge >= 0.3 is 107 Å². The zero-order chi connectivity index (χ0) is 11.0. The first-order valence-corrected chi connectivity index (χ1v) is 25.0. The van der Waals surface area contributed by atoms with Crippen LogP contribution < -0.4 is 8.79 Å². The number of halogens is 2. The number of hydrogen-bond donors (Lipinski definition) is 0. The quantitative estimate of drug-likeness (QED) is 0.619. The average molecular weight is 441 g/mol. The summed E-state index contributed by atoms with van der Waals surface area (Å²) in [5, 5.41) is 0. The summed E-state index contributed by atoms with van der Waals surface area (Å²) < 4.78 is 3.04. The van der Waals surface area contributed by atoms with Crippen molar-refractivity contribution in [3.63, 3.8) is 0 Å². The molecule has 78 valence electrons. The Morgan fingerprint density at radius 1 is 0.714 bits per heavy atom. The molecule has 0 saturated carbocycles. The van der Waals surface area contributed by atoms with Gasteiger partial charge < -0.3 is 0 Å². The van der Waals surface area contributed by atoms with Crippen molar-refractivity contribution in [3.05, 3.63) is 24.3 Å². The van der Waals surface area contributed by atoms with Gasteiger partial charge in [-0.2, -0.15) is 0 Å². The summed E-state index contributed by atoms with van der Waals surface area (Å²) >= 11 is 4.15. The predicted molar refractivity (Wildman–Crippen MR) is 78.5 cm³/mol. The molecule has 0 spiro atoms. The molecule has 1 rings (SSSR count). The molecule has 0 radical (unpaired) electrons. The Kier molecular flexibility index (Phi) is 4.42. The van der Waals surface area contributed by atoms with Crippen LogP contribution in [-0.2, 0) is 0 Å². The Morgan fingerprint density at radius 2 is 0.929 bits per heavy atom. The summed E-state index contributed by atoms with van der Waals surface area (Å²) in [6, 6.07) is 9.22. The van der Waals surface area contributed by atoms with Gasteiger partial charge in [-0.3, -0.25) is 0 Å². The Balaban J connectivity index is 3.02. The Morgan fingerprint density at radius 3 is 1.07 bits per heavy atom. The first-order chi connectivity index (χ1) is 6.21. The molecule has 14 heavy (non-hydrogen) atoms. The van der Waals surface area contributed by atoms with Crippen molar-refractivity contribution in [3.8, 4) is 0 Å². The molecule has 0 unspecified atom stereocenters. The minimum atomic E-state index is -1.78. The topological polar surface area (TPSA) is 0 Å². The first kappa shape index (κ1) is 13.3. The number of benzene rings is 1. The van der Waals surface area contributed by atoms with Crippen LogP contribution in [0.2, 0.25) is 23.0 Å². The van der Waals surface area contributed by atoms with E-state index in [2.05, 4.69) is 75.3 Å². The van der Waals surface area contributed by atoms with Crippen molar-refractivity contribution in [2.75, 3.05) is 0 Å². The average Bonchev–Trinajstić information content (AvgIpc) is 2.01. The third kappa shape index (κ3) is 3.69. The molecule has 0 N–H and O–H groups in total. The van der Waals surface area contributed by atoms with E-state index in [-0.39, 0.29) is 0 Å². The molecule has 0 atom stereocenters. The zero-order valence-electron chi connectivity index (χ0n) is 9.07. The third-order valence-corrected chi connectivity index (χ3v) is 14.2. The van der Waals surface area contributed by atoms with E-state index < -0.39 is 22.8 Å². The molecule has 0 saturated heterocycles. The van der Waals surface area contributed by atoms with E-state index in [9.17, 15) is 0 Å². The molecule has 0 bridgehead atoms. The van der Waals surface area contributed by atoms with Crippen molar-refractivity contribution < 1.29 is 0 Å². The van der Waals surface area contributed by atoms with Crippen LogP contribution >= 0.6 is 28.0 Å². The van der Waals surface area contributed by atoms with E-state index in [0.29, 0.717) is 0 Å². The van der Waals surface area contributed by atoms with Crippen LogP contribution in [0.15, 0.2) is 24.3 Å². The second-order valence-electron chi connectivity index (χ2n) is 4.52. The van der Waals surface area contributed by atoms with Gasteiger partial charge in [-0.1, -0.05) is 0 Å². The summed E-state index contributed by atoms with van der Waals surface area (Å²) in [6.45, 7) is 0. The summed E-state index contributed by atoms with van der Waals surface area (Å²) in [5.74, 6) is 9.43. The normalized spacial score (nSPS) is 13.0. The molecule has 0 fully saturated rings. The maximum atomic E-state index is 3.85. The van der Waals surface area contributed by atoms with Gasteiger partial charge in [0.15, 0.2) is 0 Å². The summed E-state index contributed by atoms with van der Waals surface area (Å²) in [5.41, 5.74) is 0. The molecule has 1 aromatic carbocycles. The van der Waals surface area contributed by atoms with Gasteiger partial charge in [-0.05, 0) is 0 Å². The van der Waals surface area contributed by atoms with E-state index >= 15 is 0 Å². The van der Waals surface area contributed by atoms with E-state index in [0.717, 1.165) is 0 Å². The van der Waals surface area contributed by atoms with Crippen molar-refractivity contribution >= 4 is 59.6 Å². The maximum absolute atomic E-state index is 3.85. The molecule has 1 aromatic rings. The number of rotatable bonds is 2. The van der Waals surface area contributed by atoms with Gasteiger partial charge in [0.05, 0.1) is 0 Å². The molecule has 4 heteroatoms. The molecule has 0 aliphatic rings. The fourth-order valence-corrected chi connectivity index (χ4v) is 8.04. The molecule has 0 amide bonds. The van der Waals surface area contributed by atoms with Gasteiger partial charge in [-0.15, -0.1) is 0 Å². The Hall–Kier alpha value is 1.27. The van der Waals surface area contributed by atoms with Crippen molar-refractivity contribution in [2.45, 2.75) is 23.0 Å². The van der Waals surface area contributed by atoms with E-state index in [1.54, 1.807) is 0 Å². The third-order valence-electron chi connectivity index (χ3n) is 2.26. The molecular formula is C10H16Br2Ge2. The zero-order valence-corrected chi connectivity index (χ0v) is 16.4. The number of hydrogen-bond acceptors (Lipinski definition) is 0. The van der Waals surface area contributed by atoms with Crippen LogP contribution in [0.3, 0.4) is 0 Å². The fourth-order valence-electron chi connectivity index (χ4n) is 1.26. The van der Waals surface area contributed by atoms with Gasteiger partial charge in [0, 0.05) is 0 Å². The summed E-state index contributed by atoms with van der Waals surface area (Å²) in [6.07, 6.45) is 0. The standard InChI is InChI=1S/C10H16Br2Ge2/c1-13(2,11)9-5-7-10(8-6-9)14(3,4)12/h5-8H,1-4H3. The Bertz CT molecular complexity index is 273. The van der Waals surface area contributed by atoms with Crippen molar-refractivity contribution in [1.29, 1.82) is 0 Å². The SMILES string of the molecule is [CH3][Ge]([CH3])([Br])[c]1cc[c]([Ge]([CH3])([CH3])[Br])cc1. The van der Waals surface area contributed by atoms with Gasteiger partial charge in [0.25, 0.3) is 0 Å². The second-order valence-corrected chi connectivity index (χ2v) is 39.9. The molecular weight excluding hydrogens is 425 g/mol. The summed E-state index contributed by atoms with van der Waals surface area (Å²) in [7, 11) is 0. The molecule has 0 aromatic heterocycles. The fraction of sp³-hybridized carbons (Fsp3) is 0.400. The van der Waals surface area contributed by atoms with Crippen molar-refractivity contribution in [1.82, 2.24) is 0 Å². The molecule has 0 aliphatic heterocycles. The van der Waals surface area contributed by atoms with Crippen LogP contribution in [0.1, 0.15) is 0 Å². The van der Waals surface area contributed by atoms with Crippen LogP contribution in [0, 0.1) is 0 Å². The van der Waals surface area contributed by atoms with Gasteiger partial charge in [0.2, 0.25) is 0 Å². The van der Waals surface area contributed by atoms with Crippen LogP contribution in [0.4, 0.5) is 0 Å². The van der Waals surface area contributed by atoms with Crippen molar-refractivity contribution in [2.24, 2.45) is 0 Å². The second kappa shape index (κ2) is 4.64. The minimum absolute atomic E-state index is 1.52. The van der Waals surface area contributed by atoms with Crippen LogP contribution in [0.25, 0.3) is 0 Å². The molecule has 0 heterocycles. The van der Waals surface area contributed by atoms with E-state index in [4.69, 9.17) is 0 Å². The van der Waals surface area contributed by atoms with E-state index in [1.165, 1.54) is 8.79 Å². The summed E-state index contributed by atoms with van der Waals surface area (Å²) in [4.78, 5) is 0. The van der Waals surface area contributed by atoms with Crippen LogP contribution in [0.5, 0.6) is 0 Å². The predicted octanol–water partition coefficient (Wildman–Crippen LogP) is 3.30. The Labute approximate surface area is 106 Å². The molecule has 0 aliphatic carbocycles. The van der Waals surface area contributed by atoms with Crippen LogP contribution in [-0.4, -0.2) is 22.8 Å². The van der Waals surface area contributed by atoms with Gasteiger partial charge in [-0.25, -0.2) is 0 Å². The first-order valence-electron chi connectivity index (χ1n) is 4.70. The monoisotopic (exact) mass is 442 g/mol.